The molecule has 1 amide bonds. The average Bonchev–Trinajstić information content (AvgIpc) is 2.02. The SMILES string of the molecule is CC(C)(C)NC(=O)CC1CCNCC1. The van der Waals surface area contributed by atoms with Crippen LogP contribution in [0.25, 0.3) is 0 Å². The summed E-state index contributed by atoms with van der Waals surface area (Å²) in [6.07, 6.45) is 2.97. The van der Waals surface area contributed by atoms with Crippen molar-refractivity contribution in [2.45, 2.75) is 45.6 Å². The number of piperidine rings is 1. The lowest BCUT2D eigenvalue weighted by molar-refractivity contribution is -0.123. The highest BCUT2D eigenvalue weighted by molar-refractivity contribution is 5.76. The summed E-state index contributed by atoms with van der Waals surface area (Å²) < 4.78 is 0. The molecule has 0 aromatic heterocycles. The Morgan fingerprint density at radius 1 is 1.36 bits per heavy atom. The summed E-state index contributed by atoms with van der Waals surface area (Å²) in [6, 6.07) is 0. The van der Waals surface area contributed by atoms with Crippen molar-refractivity contribution in [3.8, 4) is 0 Å². The maximum absolute atomic E-state index is 11.6. The molecule has 0 saturated carbocycles. The molecular weight excluding hydrogens is 176 g/mol. The van der Waals surface area contributed by atoms with Crippen LogP contribution in [0.1, 0.15) is 40.0 Å². The van der Waals surface area contributed by atoms with Gasteiger partial charge in [0.05, 0.1) is 0 Å². The second-order valence-corrected chi connectivity index (χ2v) is 5.20. The third kappa shape index (κ3) is 4.61. The van der Waals surface area contributed by atoms with E-state index in [1.165, 1.54) is 0 Å². The largest absolute Gasteiger partial charge is 0.352 e. The number of carbonyl (C=O) groups excluding carboxylic acids is 1. The van der Waals surface area contributed by atoms with Gasteiger partial charge < -0.3 is 10.6 Å². The van der Waals surface area contributed by atoms with E-state index in [9.17, 15) is 4.79 Å². The van der Waals surface area contributed by atoms with Crippen molar-refractivity contribution in [3.05, 3.63) is 0 Å². The van der Waals surface area contributed by atoms with Gasteiger partial charge >= 0.3 is 0 Å². The van der Waals surface area contributed by atoms with Gasteiger partial charge in [0.25, 0.3) is 0 Å². The van der Waals surface area contributed by atoms with Gasteiger partial charge in [-0.15, -0.1) is 0 Å². The summed E-state index contributed by atoms with van der Waals surface area (Å²) in [7, 11) is 0. The molecule has 0 atom stereocenters. The first kappa shape index (κ1) is 11.5. The Kier molecular flexibility index (Phi) is 3.93. The summed E-state index contributed by atoms with van der Waals surface area (Å²) in [4.78, 5) is 11.6. The molecule has 2 N–H and O–H groups in total. The number of amides is 1. The van der Waals surface area contributed by atoms with Gasteiger partial charge in [0.1, 0.15) is 0 Å². The Morgan fingerprint density at radius 2 is 1.93 bits per heavy atom. The molecule has 0 radical (unpaired) electrons. The lowest BCUT2D eigenvalue weighted by atomic mass is 9.94. The highest BCUT2D eigenvalue weighted by Crippen LogP contribution is 2.16. The number of hydrogen-bond acceptors (Lipinski definition) is 2. The normalized spacial score (nSPS) is 19.4. The predicted molar refractivity (Wildman–Crippen MR) is 58.1 cm³/mol. The molecule has 0 bridgehead atoms. The van der Waals surface area contributed by atoms with Gasteiger partial charge in [0.15, 0.2) is 0 Å². The van der Waals surface area contributed by atoms with Crippen LogP contribution in [0.5, 0.6) is 0 Å². The van der Waals surface area contributed by atoms with Gasteiger partial charge in [0.2, 0.25) is 5.91 Å². The van der Waals surface area contributed by atoms with Crippen LogP contribution in [0, 0.1) is 5.92 Å². The molecule has 0 aromatic rings. The maximum atomic E-state index is 11.6. The zero-order valence-corrected chi connectivity index (χ0v) is 9.52. The first-order chi connectivity index (χ1) is 6.47. The van der Waals surface area contributed by atoms with Gasteiger partial charge in [-0.25, -0.2) is 0 Å². The van der Waals surface area contributed by atoms with Crippen molar-refractivity contribution >= 4 is 5.91 Å². The topological polar surface area (TPSA) is 41.1 Å². The number of hydrogen-bond donors (Lipinski definition) is 2. The van der Waals surface area contributed by atoms with E-state index in [0.717, 1.165) is 25.9 Å². The van der Waals surface area contributed by atoms with Crippen LogP contribution >= 0.6 is 0 Å². The van der Waals surface area contributed by atoms with Gasteiger partial charge in [-0.3, -0.25) is 4.79 Å². The fraction of sp³-hybridized carbons (Fsp3) is 0.909. The van der Waals surface area contributed by atoms with E-state index >= 15 is 0 Å². The molecule has 3 heteroatoms. The Labute approximate surface area is 86.6 Å². The van der Waals surface area contributed by atoms with E-state index in [-0.39, 0.29) is 11.4 Å². The van der Waals surface area contributed by atoms with Crippen LogP contribution in [-0.2, 0) is 4.79 Å². The zero-order valence-electron chi connectivity index (χ0n) is 9.52. The monoisotopic (exact) mass is 198 g/mol. The fourth-order valence-electron chi connectivity index (χ4n) is 1.82. The Bertz CT molecular complexity index is 190. The minimum Gasteiger partial charge on any atom is -0.352 e. The molecule has 1 saturated heterocycles. The second kappa shape index (κ2) is 4.78. The predicted octanol–water partition coefficient (Wildman–Crippen LogP) is 1.29. The van der Waals surface area contributed by atoms with E-state index in [2.05, 4.69) is 10.6 Å². The van der Waals surface area contributed by atoms with E-state index in [4.69, 9.17) is 0 Å². The number of rotatable bonds is 2. The minimum atomic E-state index is -0.0933. The van der Waals surface area contributed by atoms with Crippen molar-refractivity contribution < 1.29 is 4.79 Å². The molecular formula is C11H22N2O. The van der Waals surface area contributed by atoms with Crippen LogP contribution in [0.2, 0.25) is 0 Å². The van der Waals surface area contributed by atoms with Crippen LogP contribution in [-0.4, -0.2) is 24.5 Å². The molecule has 0 aromatic carbocycles. The van der Waals surface area contributed by atoms with Gasteiger partial charge in [-0.2, -0.15) is 0 Å². The molecule has 0 unspecified atom stereocenters. The highest BCUT2D eigenvalue weighted by Gasteiger charge is 2.19. The molecule has 1 heterocycles. The van der Waals surface area contributed by atoms with E-state index in [0.29, 0.717) is 12.3 Å². The van der Waals surface area contributed by atoms with Crippen molar-refractivity contribution in [1.82, 2.24) is 10.6 Å². The number of carbonyl (C=O) groups is 1. The molecule has 1 rings (SSSR count). The van der Waals surface area contributed by atoms with Crippen LogP contribution in [0.3, 0.4) is 0 Å². The quantitative estimate of drug-likeness (QED) is 0.702. The van der Waals surface area contributed by atoms with Crippen molar-refractivity contribution in [2.75, 3.05) is 13.1 Å². The summed E-state index contributed by atoms with van der Waals surface area (Å²) in [5.41, 5.74) is -0.0933. The third-order valence-corrected chi connectivity index (χ3v) is 2.45. The van der Waals surface area contributed by atoms with Gasteiger partial charge in [0, 0.05) is 12.0 Å². The Morgan fingerprint density at radius 3 is 2.43 bits per heavy atom. The summed E-state index contributed by atoms with van der Waals surface area (Å²) in [5.74, 6) is 0.781. The van der Waals surface area contributed by atoms with E-state index in [1.54, 1.807) is 0 Å². The molecule has 14 heavy (non-hydrogen) atoms. The van der Waals surface area contributed by atoms with Crippen LogP contribution in [0.15, 0.2) is 0 Å². The number of nitrogens with one attached hydrogen (secondary N) is 2. The lowest BCUT2D eigenvalue weighted by Crippen LogP contribution is -2.42. The molecule has 0 spiro atoms. The first-order valence-electron chi connectivity index (χ1n) is 5.49. The Balaban J connectivity index is 2.25. The molecule has 1 fully saturated rings. The Hall–Kier alpha value is -0.570. The standard InChI is InChI=1S/C11H22N2O/c1-11(2,3)13-10(14)8-9-4-6-12-7-5-9/h9,12H,4-8H2,1-3H3,(H,13,14). The van der Waals surface area contributed by atoms with Crippen molar-refractivity contribution in [1.29, 1.82) is 0 Å². The summed E-state index contributed by atoms with van der Waals surface area (Å²) >= 11 is 0. The summed E-state index contributed by atoms with van der Waals surface area (Å²) in [5, 5.41) is 6.31. The zero-order chi connectivity index (χ0) is 10.6. The highest BCUT2D eigenvalue weighted by atomic mass is 16.1. The average molecular weight is 198 g/mol. The fourth-order valence-corrected chi connectivity index (χ4v) is 1.82. The first-order valence-corrected chi connectivity index (χ1v) is 5.49. The molecule has 3 nitrogen and oxygen atoms in total. The van der Waals surface area contributed by atoms with E-state index < -0.39 is 0 Å². The molecule has 0 aliphatic carbocycles. The lowest BCUT2D eigenvalue weighted by Gasteiger charge is -2.25. The van der Waals surface area contributed by atoms with E-state index in [1.807, 2.05) is 20.8 Å². The second-order valence-electron chi connectivity index (χ2n) is 5.20. The minimum absolute atomic E-state index is 0.0933. The van der Waals surface area contributed by atoms with Crippen LogP contribution in [0.4, 0.5) is 0 Å². The van der Waals surface area contributed by atoms with Crippen molar-refractivity contribution in [3.63, 3.8) is 0 Å². The molecule has 1 aliphatic heterocycles. The van der Waals surface area contributed by atoms with Gasteiger partial charge in [-0.1, -0.05) is 0 Å². The third-order valence-electron chi connectivity index (χ3n) is 2.45. The molecule has 1 aliphatic rings. The van der Waals surface area contributed by atoms with Gasteiger partial charge in [-0.05, 0) is 52.6 Å². The van der Waals surface area contributed by atoms with Crippen molar-refractivity contribution in [2.24, 2.45) is 5.92 Å². The summed E-state index contributed by atoms with van der Waals surface area (Å²) in [6.45, 7) is 8.19. The molecule has 82 valence electrons. The smallest absolute Gasteiger partial charge is 0.220 e. The maximum Gasteiger partial charge on any atom is 0.220 e. The van der Waals surface area contributed by atoms with Crippen LogP contribution < -0.4 is 10.6 Å².